The molecule has 136 valence electrons. The van der Waals surface area contributed by atoms with Gasteiger partial charge >= 0.3 is 5.97 Å². The molecule has 6 nitrogen and oxygen atoms in total. The molecule has 1 N–H and O–H groups in total. The molecule has 1 amide bonds. The van der Waals surface area contributed by atoms with Crippen LogP contribution in [0.2, 0.25) is 0 Å². The van der Waals surface area contributed by atoms with Crippen LogP contribution < -0.4 is 10.2 Å². The molecule has 0 bridgehead atoms. The first-order valence-electron chi connectivity index (χ1n) is 8.28. The maximum atomic E-state index is 12.0. The first-order valence-corrected chi connectivity index (χ1v) is 9.35. The average molecular weight is 466 g/mol. The Morgan fingerprint density at radius 3 is 2.46 bits per heavy atom. The van der Waals surface area contributed by atoms with E-state index in [0.717, 1.165) is 35.6 Å². The van der Waals surface area contributed by atoms with E-state index in [4.69, 9.17) is 9.47 Å². The van der Waals surface area contributed by atoms with Gasteiger partial charge in [-0.1, -0.05) is 12.1 Å². The fourth-order valence-electron chi connectivity index (χ4n) is 2.61. The summed E-state index contributed by atoms with van der Waals surface area (Å²) in [6.07, 6.45) is 0. The lowest BCUT2D eigenvalue weighted by Crippen LogP contribution is -2.36. The third kappa shape index (κ3) is 4.95. The highest BCUT2D eigenvalue weighted by Gasteiger charge is 2.14. The van der Waals surface area contributed by atoms with E-state index in [1.54, 1.807) is 12.1 Å². The van der Waals surface area contributed by atoms with E-state index < -0.39 is 5.97 Å². The zero-order valence-corrected chi connectivity index (χ0v) is 16.3. The molecule has 0 saturated carbocycles. The Kier molecular flexibility index (Phi) is 6.45. The lowest BCUT2D eigenvalue weighted by molar-refractivity contribution is -0.119. The summed E-state index contributed by atoms with van der Waals surface area (Å²) in [5.74, 6) is -0.878. The fraction of sp³-hybridized carbons (Fsp3) is 0.263. The zero-order chi connectivity index (χ0) is 18.4. The van der Waals surface area contributed by atoms with Crippen molar-refractivity contribution in [1.82, 2.24) is 0 Å². The van der Waals surface area contributed by atoms with Crippen molar-refractivity contribution in [3.63, 3.8) is 0 Å². The summed E-state index contributed by atoms with van der Waals surface area (Å²) in [4.78, 5) is 26.3. The van der Waals surface area contributed by atoms with Gasteiger partial charge in [-0.05, 0) is 59.0 Å². The molecule has 26 heavy (non-hydrogen) atoms. The van der Waals surface area contributed by atoms with Crippen molar-refractivity contribution < 1.29 is 19.1 Å². The van der Waals surface area contributed by atoms with Crippen molar-refractivity contribution in [3.05, 3.63) is 57.7 Å². The first kappa shape index (κ1) is 18.7. The van der Waals surface area contributed by atoms with E-state index in [-0.39, 0.29) is 12.5 Å². The number of hydrogen-bond donors (Lipinski definition) is 1. The molecule has 1 saturated heterocycles. The predicted molar refractivity (Wildman–Crippen MR) is 108 cm³/mol. The van der Waals surface area contributed by atoms with Gasteiger partial charge in [0.05, 0.1) is 18.8 Å². The molecule has 0 aromatic heterocycles. The van der Waals surface area contributed by atoms with Crippen LogP contribution in [0.3, 0.4) is 0 Å². The van der Waals surface area contributed by atoms with Gasteiger partial charge in [-0.2, -0.15) is 0 Å². The Labute approximate surface area is 165 Å². The van der Waals surface area contributed by atoms with Crippen LogP contribution in [0.25, 0.3) is 0 Å². The summed E-state index contributed by atoms with van der Waals surface area (Å²) in [6.45, 7) is 2.85. The molecular formula is C19H19IN2O4. The van der Waals surface area contributed by atoms with Crippen molar-refractivity contribution in [3.8, 4) is 0 Å². The van der Waals surface area contributed by atoms with Gasteiger partial charge in [-0.15, -0.1) is 0 Å². The van der Waals surface area contributed by atoms with Crippen molar-refractivity contribution >= 4 is 45.8 Å². The molecule has 1 aliphatic rings. The van der Waals surface area contributed by atoms with Crippen molar-refractivity contribution in [2.45, 2.75) is 0 Å². The molecule has 0 spiro atoms. The summed E-state index contributed by atoms with van der Waals surface area (Å²) in [5, 5.41) is 2.73. The summed E-state index contributed by atoms with van der Waals surface area (Å²) >= 11 is 2.06. The standard InChI is InChI=1S/C19H19IN2O4/c20-17-4-2-1-3-16(17)19(24)26-13-18(23)21-14-5-7-15(8-6-14)22-9-11-25-12-10-22/h1-8H,9-13H2,(H,21,23). The van der Waals surface area contributed by atoms with Crippen molar-refractivity contribution in [2.75, 3.05) is 43.1 Å². The summed E-state index contributed by atoms with van der Waals surface area (Å²) in [5.41, 5.74) is 2.21. The highest BCUT2D eigenvalue weighted by atomic mass is 127. The van der Waals surface area contributed by atoms with Crippen LogP contribution in [0.5, 0.6) is 0 Å². The summed E-state index contributed by atoms with van der Waals surface area (Å²) in [6, 6.07) is 14.7. The first-order chi connectivity index (χ1) is 12.6. The van der Waals surface area contributed by atoms with Crippen LogP contribution in [-0.4, -0.2) is 44.8 Å². The van der Waals surface area contributed by atoms with E-state index in [9.17, 15) is 9.59 Å². The number of amides is 1. The molecule has 2 aromatic rings. The van der Waals surface area contributed by atoms with Crippen LogP contribution >= 0.6 is 22.6 Å². The Bertz CT molecular complexity index is 773. The number of esters is 1. The molecule has 7 heteroatoms. The van der Waals surface area contributed by atoms with Gasteiger partial charge < -0.3 is 19.7 Å². The van der Waals surface area contributed by atoms with Crippen LogP contribution in [-0.2, 0) is 14.3 Å². The number of halogens is 1. The molecule has 0 radical (unpaired) electrons. The number of rotatable bonds is 5. The Morgan fingerprint density at radius 1 is 1.08 bits per heavy atom. The number of hydrogen-bond acceptors (Lipinski definition) is 5. The minimum atomic E-state index is -0.507. The fourth-order valence-corrected chi connectivity index (χ4v) is 3.22. The highest BCUT2D eigenvalue weighted by Crippen LogP contribution is 2.19. The Hall–Kier alpha value is -2.13. The quantitative estimate of drug-likeness (QED) is 0.543. The number of nitrogens with zero attached hydrogens (tertiary/aromatic N) is 1. The van der Waals surface area contributed by atoms with E-state index in [1.807, 2.05) is 36.4 Å². The van der Waals surface area contributed by atoms with Crippen molar-refractivity contribution in [2.24, 2.45) is 0 Å². The largest absolute Gasteiger partial charge is 0.452 e. The molecule has 3 rings (SSSR count). The molecule has 1 heterocycles. The van der Waals surface area contributed by atoms with E-state index >= 15 is 0 Å². The van der Waals surface area contributed by atoms with Gasteiger partial charge in [0.1, 0.15) is 0 Å². The van der Waals surface area contributed by atoms with Gasteiger partial charge in [0, 0.05) is 28.0 Å². The lowest BCUT2D eigenvalue weighted by atomic mass is 10.2. The molecule has 0 atom stereocenters. The minimum Gasteiger partial charge on any atom is -0.452 e. The van der Waals surface area contributed by atoms with Gasteiger partial charge in [-0.3, -0.25) is 4.79 Å². The van der Waals surface area contributed by atoms with Gasteiger partial charge in [0.25, 0.3) is 5.91 Å². The number of ether oxygens (including phenoxy) is 2. The summed E-state index contributed by atoms with van der Waals surface area (Å²) < 4.78 is 11.2. The smallest absolute Gasteiger partial charge is 0.339 e. The number of carbonyl (C=O) groups is 2. The normalized spacial score (nSPS) is 14.0. The number of nitrogens with one attached hydrogen (secondary N) is 1. The molecular weight excluding hydrogens is 447 g/mol. The van der Waals surface area contributed by atoms with Crippen LogP contribution in [0.15, 0.2) is 48.5 Å². The number of carbonyl (C=O) groups excluding carboxylic acids is 2. The van der Waals surface area contributed by atoms with E-state index in [1.165, 1.54) is 0 Å². The van der Waals surface area contributed by atoms with Crippen LogP contribution in [0, 0.1) is 3.57 Å². The second-order valence-corrected chi connectivity index (χ2v) is 6.91. The van der Waals surface area contributed by atoms with Gasteiger partial charge in [0.15, 0.2) is 6.61 Å². The van der Waals surface area contributed by atoms with Crippen LogP contribution in [0.4, 0.5) is 11.4 Å². The average Bonchev–Trinajstić information content (AvgIpc) is 2.68. The Balaban J connectivity index is 1.50. The third-order valence-corrected chi connectivity index (χ3v) is 4.90. The maximum Gasteiger partial charge on any atom is 0.339 e. The number of benzene rings is 2. The topological polar surface area (TPSA) is 67.9 Å². The molecule has 2 aromatic carbocycles. The predicted octanol–water partition coefficient (Wildman–Crippen LogP) is 2.92. The SMILES string of the molecule is O=C(COC(=O)c1ccccc1I)Nc1ccc(N2CCOCC2)cc1. The van der Waals surface area contributed by atoms with Crippen molar-refractivity contribution in [1.29, 1.82) is 0 Å². The van der Waals surface area contributed by atoms with Gasteiger partial charge in [0.2, 0.25) is 0 Å². The van der Waals surface area contributed by atoms with Crippen LogP contribution in [0.1, 0.15) is 10.4 Å². The zero-order valence-electron chi connectivity index (χ0n) is 14.1. The summed E-state index contributed by atoms with van der Waals surface area (Å²) in [7, 11) is 0. The molecule has 0 aliphatic carbocycles. The van der Waals surface area contributed by atoms with Gasteiger partial charge in [-0.25, -0.2) is 4.79 Å². The molecule has 1 fully saturated rings. The monoisotopic (exact) mass is 466 g/mol. The molecule has 1 aliphatic heterocycles. The Morgan fingerprint density at radius 2 is 1.77 bits per heavy atom. The lowest BCUT2D eigenvalue weighted by Gasteiger charge is -2.28. The van der Waals surface area contributed by atoms with E-state index in [2.05, 4.69) is 32.8 Å². The number of morpholine rings is 1. The number of anilines is 2. The van der Waals surface area contributed by atoms with E-state index in [0.29, 0.717) is 11.3 Å². The highest BCUT2D eigenvalue weighted by molar-refractivity contribution is 14.1. The maximum absolute atomic E-state index is 12.0. The second-order valence-electron chi connectivity index (χ2n) is 5.75. The molecule has 0 unspecified atom stereocenters. The minimum absolute atomic E-state index is 0.324. The second kappa shape index (κ2) is 9.00. The third-order valence-electron chi connectivity index (χ3n) is 3.96.